The van der Waals surface area contributed by atoms with Crippen LogP contribution < -0.4 is 15.5 Å². The number of hydrogen-bond acceptors (Lipinski definition) is 6. The number of nitrogens with one attached hydrogen (secondary N) is 1. The van der Waals surface area contributed by atoms with Crippen molar-refractivity contribution in [1.82, 2.24) is 5.32 Å². The quantitative estimate of drug-likeness (QED) is 0.469. The molecule has 1 amide bonds. The van der Waals surface area contributed by atoms with Crippen LogP contribution in [0.2, 0.25) is 0 Å². The second kappa shape index (κ2) is 9.84. The van der Waals surface area contributed by atoms with Crippen LogP contribution in [-0.4, -0.2) is 44.4 Å². The van der Waals surface area contributed by atoms with Gasteiger partial charge in [0.2, 0.25) is 0 Å². The first-order valence-electron chi connectivity index (χ1n) is 11.5. The highest BCUT2D eigenvalue weighted by atomic mass is 16.7. The van der Waals surface area contributed by atoms with E-state index in [1.54, 1.807) is 7.11 Å². The summed E-state index contributed by atoms with van der Waals surface area (Å²) in [5.41, 5.74) is 0.443. The fraction of sp³-hybridized carbons (Fsp3) is 0.720. The molecule has 1 heterocycles. The van der Waals surface area contributed by atoms with Crippen molar-refractivity contribution in [2.75, 3.05) is 13.7 Å². The standard InChI is InChI=1S/C25H42BNO6/c1-22(2,3)16-31-20(23(4,5)6)27-21(28)30-15-17-12-13-18(14-19(17)29-11)26-32-24(7,8)25(9,10)33-26/h12-14,20H,15-16H2,1-11H3,(H,27,28). The summed E-state index contributed by atoms with van der Waals surface area (Å²) in [5.74, 6) is 0.603. The van der Waals surface area contributed by atoms with E-state index in [-0.39, 0.29) is 17.4 Å². The molecule has 0 bridgehead atoms. The predicted octanol–water partition coefficient (Wildman–Crippen LogP) is 4.66. The highest BCUT2D eigenvalue weighted by Gasteiger charge is 2.51. The van der Waals surface area contributed by atoms with Crippen molar-refractivity contribution in [3.8, 4) is 5.75 Å². The molecule has 0 radical (unpaired) electrons. The maximum Gasteiger partial charge on any atom is 0.494 e. The zero-order chi connectivity index (χ0) is 25.2. The summed E-state index contributed by atoms with van der Waals surface area (Å²) in [6, 6.07) is 5.64. The largest absolute Gasteiger partial charge is 0.496 e. The summed E-state index contributed by atoms with van der Waals surface area (Å²) >= 11 is 0. The molecule has 7 nitrogen and oxygen atoms in total. The minimum Gasteiger partial charge on any atom is -0.496 e. The van der Waals surface area contributed by atoms with Crippen molar-refractivity contribution >= 4 is 18.7 Å². The number of benzene rings is 1. The summed E-state index contributed by atoms with van der Waals surface area (Å²) < 4.78 is 29.3. The van der Waals surface area contributed by atoms with Crippen molar-refractivity contribution < 1.29 is 28.3 Å². The van der Waals surface area contributed by atoms with E-state index in [1.165, 1.54) is 0 Å². The Hall–Kier alpha value is -1.77. The van der Waals surface area contributed by atoms with E-state index >= 15 is 0 Å². The summed E-state index contributed by atoms with van der Waals surface area (Å²) in [5, 5.41) is 2.85. The molecule has 1 N–H and O–H groups in total. The van der Waals surface area contributed by atoms with E-state index in [0.29, 0.717) is 12.4 Å². The molecular weight excluding hydrogens is 421 g/mol. The van der Waals surface area contributed by atoms with Gasteiger partial charge in [-0.05, 0) is 44.6 Å². The average Bonchev–Trinajstić information content (AvgIpc) is 2.88. The van der Waals surface area contributed by atoms with Crippen molar-refractivity contribution in [2.24, 2.45) is 10.8 Å². The van der Waals surface area contributed by atoms with Crippen molar-refractivity contribution in [3.63, 3.8) is 0 Å². The summed E-state index contributed by atoms with van der Waals surface area (Å²) in [7, 11) is 1.10. The van der Waals surface area contributed by atoms with E-state index in [2.05, 4.69) is 26.1 Å². The Kier molecular flexibility index (Phi) is 8.20. The molecule has 1 unspecified atom stereocenters. The van der Waals surface area contributed by atoms with E-state index < -0.39 is 30.6 Å². The minimum absolute atomic E-state index is 0.0125. The lowest BCUT2D eigenvalue weighted by Gasteiger charge is -2.33. The number of hydrogen-bond donors (Lipinski definition) is 1. The van der Waals surface area contributed by atoms with Gasteiger partial charge < -0.3 is 23.5 Å². The molecule has 1 fully saturated rings. The second-order valence-electron chi connectivity index (χ2n) is 12.0. The molecule has 1 aliphatic rings. The van der Waals surface area contributed by atoms with Crippen molar-refractivity contribution in [3.05, 3.63) is 23.8 Å². The van der Waals surface area contributed by atoms with Crippen LogP contribution in [0.25, 0.3) is 0 Å². The average molecular weight is 463 g/mol. The van der Waals surface area contributed by atoms with Gasteiger partial charge in [-0.1, -0.05) is 53.7 Å². The Morgan fingerprint density at radius 3 is 2.12 bits per heavy atom. The second-order valence-corrected chi connectivity index (χ2v) is 12.0. The highest BCUT2D eigenvalue weighted by Crippen LogP contribution is 2.36. The first-order chi connectivity index (χ1) is 14.9. The van der Waals surface area contributed by atoms with Gasteiger partial charge >= 0.3 is 13.2 Å². The van der Waals surface area contributed by atoms with Crippen LogP contribution in [0.4, 0.5) is 4.79 Å². The first-order valence-corrected chi connectivity index (χ1v) is 11.5. The zero-order valence-electron chi connectivity index (χ0n) is 22.3. The Labute approximate surface area is 200 Å². The molecule has 186 valence electrons. The predicted molar refractivity (Wildman–Crippen MR) is 131 cm³/mol. The van der Waals surface area contributed by atoms with Gasteiger partial charge in [0.1, 0.15) is 18.6 Å². The van der Waals surface area contributed by atoms with E-state index in [0.717, 1.165) is 11.0 Å². The van der Waals surface area contributed by atoms with Crippen LogP contribution in [0.3, 0.4) is 0 Å². The summed E-state index contributed by atoms with van der Waals surface area (Å²) in [6.45, 7) is 20.9. The fourth-order valence-corrected chi connectivity index (χ4v) is 3.14. The third kappa shape index (κ3) is 7.36. The van der Waals surface area contributed by atoms with Crippen LogP contribution >= 0.6 is 0 Å². The van der Waals surface area contributed by atoms with Crippen LogP contribution in [0.1, 0.15) is 74.8 Å². The number of rotatable bonds is 7. The van der Waals surface area contributed by atoms with Gasteiger partial charge in [0.25, 0.3) is 0 Å². The molecule has 0 spiro atoms. The lowest BCUT2D eigenvalue weighted by molar-refractivity contribution is -0.0639. The van der Waals surface area contributed by atoms with Gasteiger partial charge in [-0.25, -0.2) is 4.79 Å². The molecular formula is C25H42BNO6. The number of carbonyl (C=O) groups is 1. The van der Waals surface area contributed by atoms with E-state index in [9.17, 15) is 4.79 Å². The van der Waals surface area contributed by atoms with Crippen LogP contribution in [0, 0.1) is 10.8 Å². The van der Waals surface area contributed by atoms with Crippen LogP contribution in [0.15, 0.2) is 18.2 Å². The molecule has 8 heteroatoms. The number of amides is 1. The summed E-state index contributed by atoms with van der Waals surface area (Å²) in [6.07, 6.45) is -1.02. The summed E-state index contributed by atoms with van der Waals surface area (Å²) in [4.78, 5) is 12.5. The third-order valence-corrected chi connectivity index (χ3v) is 5.91. The molecule has 1 aliphatic heterocycles. The molecule has 0 aromatic heterocycles. The van der Waals surface area contributed by atoms with Crippen molar-refractivity contribution in [2.45, 2.75) is 93.3 Å². The Bertz CT molecular complexity index is 809. The van der Waals surface area contributed by atoms with Gasteiger partial charge in [-0.15, -0.1) is 0 Å². The van der Waals surface area contributed by atoms with Gasteiger partial charge in [-0.3, -0.25) is 5.32 Å². The van der Waals surface area contributed by atoms with E-state index in [1.807, 2.05) is 66.7 Å². The topological polar surface area (TPSA) is 75.2 Å². The van der Waals surface area contributed by atoms with Crippen LogP contribution in [-0.2, 0) is 25.4 Å². The Morgan fingerprint density at radius 2 is 1.64 bits per heavy atom. The number of methoxy groups -OCH3 is 1. The zero-order valence-corrected chi connectivity index (χ0v) is 22.3. The van der Waals surface area contributed by atoms with Crippen molar-refractivity contribution in [1.29, 1.82) is 0 Å². The fourth-order valence-electron chi connectivity index (χ4n) is 3.14. The number of ether oxygens (including phenoxy) is 3. The van der Waals surface area contributed by atoms with Gasteiger partial charge in [0.15, 0.2) is 0 Å². The molecule has 0 saturated carbocycles. The van der Waals surface area contributed by atoms with Gasteiger partial charge in [0.05, 0.1) is 24.9 Å². The molecule has 2 rings (SSSR count). The normalized spacial score (nSPS) is 18.7. The number of carbonyl (C=O) groups excluding carboxylic acids is 1. The molecule has 1 atom stereocenters. The Balaban J connectivity index is 2.03. The Morgan fingerprint density at radius 1 is 1.06 bits per heavy atom. The molecule has 0 aliphatic carbocycles. The van der Waals surface area contributed by atoms with Gasteiger partial charge in [0, 0.05) is 11.0 Å². The highest BCUT2D eigenvalue weighted by molar-refractivity contribution is 6.62. The van der Waals surface area contributed by atoms with Gasteiger partial charge in [-0.2, -0.15) is 0 Å². The third-order valence-electron chi connectivity index (χ3n) is 5.91. The van der Waals surface area contributed by atoms with E-state index in [4.69, 9.17) is 23.5 Å². The monoisotopic (exact) mass is 463 g/mol. The maximum atomic E-state index is 12.5. The molecule has 1 aromatic carbocycles. The molecule has 33 heavy (non-hydrogen) atoms. The lowest BCUT2D eigenvalue weighted by atomic mass is 9.78. The smallest absolute Gasteiger partial charge is 0.494 e. The minimum atomic E-state index is -0.541. The molecule has 1 aromatic rings. The molecule has 1 saturated heterocycles. The SMILES string of the molecule is COc1cc(B2OC(C)(C)C(C)(C)O2)ccc1COC(=O)NC(OCC(C)(C)C)C(C)(C)C. The lowest BCUT2D eigenvalue weighted by Crippen LogP contribution is -2.46. The first kappa shape index (κ1) is 27.5. The number of alkyl carbamates (subject to hydrolysis) is 1. The van der Waals surface area contributed by atoms with Crippen LogP contribution in [0.5, 0.6) is 5.75 Å². The maximum absolute atomic E-state index is 12.5.